The first-order valence-electron chi connectivity index (χ1n) is 32.0. The van der Waals surface area contributed by atoms with Crippen molar-refractivity contribution >= 4 is 18.7 Å². The second-order valence-corrected chi connectivity index (χ2v) is 30.3. The highest BCUT2D eigenvalue weighted by Crippen LogP contribution is 2.45. The zero-order valence-electron chi connectivity index (χ0n) is 53.1. The van der Waals surface area contributed by atoms with Crippen molar-refractivity contribution in [1.82, 2.24) is 0 Å². The lowest BCUT2D eigenvalue weighted by Crippen LogP contribution is -2.68. The standard InChI is InChI=1S/C77H86O13Si/c1-75(2,3)91(60-39-25-13-26-40-60,61-41-27-14-28-42-61)83-53-66-69(81-51-57-35-21-11-22-36-57)71(82-52-58-37-23-12-24-38-58)68(80-50-56-33-19-10-20-34-56)63(85-66)44-43-59-47-65(78-48-54-29-15-8-16-30-54)67(79-49-55-31-17-9-18-32-55)62(84-59)45-46-64-70-72(88-76(4,5)87-70)73-74(86-64)90-77(6,7)89-73/h8-47,62-74H,48-53H2,1-7H3/b44-43-,46-45-/t62-,63-,64+,65-,66+,67-,68-,69-,70-,71+,72-,73+,74+/m0/s1. The lowest BCUT2D eigenvalue weighted by Gasteiger charge is -2.48. The van der Waals surface area contributed by atoms with Crippen LogP contribution in [0, 0.1) is 0 Å². The van der Waals surface area contributed by atoms with Gasteiger partial charge in [-0.15, -0.1) is 0 Å². The molecule has 0 N–H and O–H groups in total. The number of hydrogen-bond donors (Lipinski definition) is 0. The molecule has 5 aliphatic heterocycles. The topological polar surface area (TPSA) is 120 Å². The van der Waals surface area contributed by atoms with Gasteiger partial charge in [0.2, 0.25) is 0 Å². The molecule has 0 spiro atoms. The van der Waals surface area contributed by atoms with Crippen LogP contribution in [0.15, 0.2) is 248 Å². The SMILES string of the molecule is CC1(C)O[C@H]2[C@@H](O1)[C@@H](/C=C\[C@@H]1OC(/C=C\[C@@H]3O[C@H](CO[Si](c4ccccc4)(c4ccccc4)C(C)(C)C)[C@H](OCc4ccccc4)[C@H](OCc4ccccc4)[C@H]3OCc3ccccc3)=C[C@H](OCc3ccccc3)[C@H]1OCc1ccccc1)O[C@@H]1OC(C)(C)O[C@@H]12. The molecular formula is C77H86O13Si. The summed E-state index contributed by atoms with van der Waals surface area (Å²) in [6.07, 6.45) is 1.71. The molecular weight excluding hydrogens is 1160 g/mol. The van der Waals surface area contributed by atoms with Gasteiger partial charge in [0.1, 0.15) is 79.0 Å². The van der Waals surface area contributed by atoms with E-state index >= 15 is 0 Å². The minimum atomic E-state index is -3.14. The van der Waals surface area contributed by atoms with Gasteiger partial charge < -0.3 is 61.3 Å². The first-order chi connectivity index (χ1) is 44.2. The Morgan fingerprint density at radius 2 is 0.813 bits per heavy atom. The van der Waals surface area contributed by atoms with E-state index in [9.17, 15) is 0 Å². The molecule has 0 amide bonds. The van der Waals surface area contributed by atoms with Crippen LogP contribution in [0.25, 0.3) is 0 Å². The average Bonchev–Trinajstić information content (AvgIpc) is 1.73. The summed E-state index contributed by atoms with van der Waals surface area (Å²) in [7, 11) is -3.14. The molecule has 91 heavy (non-hydrogen) atoms. The Hall–Kier alpha value is -6.70. The highest BCUT2D eigenvalue weighted by Gasteiger charge is 2.61. The van der Waals surface area contributed by atoms with Crippen LogP contribution >= 0.6 is 0 Å². The third kappa shape index (κ3) is 15.7. The molecule has 14 heteroatoms. The molecule has 7 aromatic rings. The van der Waals surface area contributed by atoms with E-state index < -0.39 is 99.4 Å². The summed E-state index contributed by atoms with van der Waals surface area (Å²) in [5.74, 6) is -1.26. The van der Waals surface area contributed by atoms with Crippen molar-refractivity contribution in [2.45, 2.75) is 178 Å². The zero-order valence-corrected chi connectivity index (χ0v) is 54.1. The second kappa shape index (κ2) is 29.1. The Morgan fingerprint density at radius 1 is 0.407 bits per heavy atom. The first kappa shape index (κ1) is 64.4. The van der Waals surface area contributed by atoms with Crippen molar-refractivity contribution in [2.24, 2.45) is 0 Å². The van der Waals surface area contributed by atoms with E-state index in [1.165, 1.54) is 0 Å². The summed E-state index contributed by atoms with van der Waals surface area (Å²) in [6, 6.07) is 72.3. The van der Waals surface area contributed by atoms with E-state index in [1.54, 1.807) is 0 Å². The molecule has 0 bridgehead atoms. The number of benzene rings is 7. The van der Waals surface area contributed by atoms with Gasteiger partial charge in [-0.1, -0.05) is 239 Å². The van der Waals surface area contributed by atoms with Gasteiger partial charge in [-0.2, -0.15) is 0 Å². The summed E-state index contributed by atoms with van der Waals surface area (Å²) in [6.45, 7) is 16.1. The van der Waals surface area contributed by atoms with E-state index in [4.69, 9.17) is 61.3 Å². The van der Waals surface area contributed by atoms with Crippen molar-refractivity contribution in [3.05, 3.63) is 276 Å². The minimum Gasteiger partial charge on any atom is -0.484 e. The smallest absolute Gasteiger partial charge is 0.261 e. The van der Waals surface area contributed by atoms with Crippen LogP contribution in [-0.2, 0) is 94.3 Å². The molecule has 0 aromatic heterocycles. The van der Waals surface area contributed by atoms with E-state index in [1.807, 2.05) is 149 Å². The molecule has 476 valence electrons. The van der Waals surface area contributed by atoms with E-state index in [0.717, 1.165) is 38.2 Å². The summed E-state index contributed by atoms with van der Waals surface area (Å²) in [5.41, 5.74) is 5.03. The second-order valence-electron chi connectivity index (χ2n) is 25.9. The van der Waals surface area contributed by atoms with Crippen LogP contribution in [-0.4, -0.2) is 106 Å². The number of hydrogen-bond acceptors (Lipinski definition) is 13. The Bertz CT molecular complexity index is 3420. The molecule has 5 aliphatic rings. The van der Waals surface area contributed by atoms with Gasteiger partial charge in [-0.25, -0.2) is 0 Å². The Kier molecular flexibility index (Phi) is 20.6. The van der Waals surface area contributed by atoms with E-state index in [-0.39, 0.29) is 24.9 Å². The largest absolute Gasteiger partial charge is 0.484 e. The molecule has 0 saturated carbocycles. The number of fused-ring (bicyclic) bond motifs is 3. The van der Waals surface area contributed by atoms with Gasteiger partial charge >= 0.3 is 0 Å². The number of rotatable bonds is 24. The van der Waals surface area contributed by atoms with Crippen molar-refractivity contribution in [3.8, 4) is 0 Å². The Balaban J connectivity index is 0.947. The molecule has 0 aliphatic carbocycles. The monoisotopic (exact) mass is 1250 g/mol. The fourth-order valence-electron chi connectivity index (χ4n) is 13.1. The summed E-state index contributed by atoms with van der Waals surface area (Å²) < 4.78 is 90.9. The van der Waals surface area contributed by atoms with Crippen LogP contribution in [0.5, 0.6) is 0 Å². The lowest BCUT2D eigenvalue weighted by molar-refractivity contribution is -0.259. The number of allylic oxidation sites excluding steroid dienone is 1. The fraction of sp³-hybridized carbons (Fsp3) is 0.377. The van der Waals surface area contributed by atoms with E-state index in [2.05, 4.69) is 142 Å². The summed E-state index contributed by atoms with van der Waals surface area (Å²) in [4.78, 5) is 0. The van der Waals surface area contributed by atoms with Gasteiger partial charge in [0.15, 0.2) is 17.9 Å². The van der Waals surface area contributed by atoms with Gasteiger partial charge in [0.25, 0.3) is 8.32 Å². The average molecular weight is 1250 g/mol. The predicted octanol–water partition coefficient (Wildman–Crippen LogP) is 13.0. The highest BCUT2D eigenvalue weighted by atomic mass is 28.4. The molecule has 7 aromatic carbocycles. The van der Waals surface area contributed by atoms with Gasteiger partial charge in [-0.05, 0) is 95.2 Å². The van der Waals surface area contributed by atoms with Gasteiger partial charge in [0.05, 0.1) is 39.6 Å². The molecule has 13 atom stereocenters. The maximum atomic E-state index is 7.81. The van der Waals surface area contributed by atoms with Gasteiger partial charge in [-0.3, -0.25) is 0 Å². The normalized spacial score (nSPS) is 27.9. The van der Waals surface area contributed by atoms with Crippen molar-refractivity contribution in [2.75, 3.05) is 6.61 Å². The quantitative estimate of drug-likeness (QED) is 0.0422. The first-order valence-corrected chi connectivity index (χ1v) is 33.9. The molecule has 13 nitrogen and oxygen atoms in total. The highest BCUT2D eigenvalue weighted by molar-refractivity contribution is 6.99. The molecule has 0 unspecified atom stereocenters. The number of ether oxygens (including phenoxy) is 12. The third-order valence-electron chi connectivity index (χ3n) is 17.4. The minimum absolute atomic E-state index is 0.170. The molecule has 12 rings (SSSR count). The maximum absolute atomic E-state index is 7.81. The predicted molar refractivity (Wildman–Crippen MR) is 351 cm³/mol. The van der Waals surface area contributed by atoms with Crippen LogP contribution in [0.2, 0.25) is 5.04 Å². The Labute approximate surface area is 537 Å². The van der Waals surface area contributed by atoms with Crippen LogP contribution in [0.3, 0.4) is 0 Å². The third-order valence-corrected chi connectivity index (χ3v) is 22.4. The fourth-order valence-corrected chi connectivity index (χ4v) is 17.7. The van der Waals surface area contributed by atoms with Crippen molar-refractivity contribution in [3.63, 3.8) is 0 Å². The summed E-state index contributed by atoms with van der Waals surface area (Å²) >= 11 is 0. The van der Waals surface area contributed by atoms with E-state index in [0.29, 0.717) is 25.6 Å². The molecule has 4 fully saturated rings. The summed E-state index contributed by atoms with van der Waals surface area (Å²) in [5, 5.41) is 1.98. The van der Waals surface area contributed by atoms with Crippen LogP contribution < -0.4 is 10.4 Å². The maximum Gasteiger partial charge on any atom is 0.261 e. The van der Waals surface area contributed by atoms with Crippen molar-refractivity contribution < 1.29 is 61.3 Å². The Morgan fingerprint density at radius 3 is 1.31 bits per heavy atom. The van der Waals surface area contributed by atoms with Gasteiger partial charge in [0, 0.05) is 0 Å². The van der Waals surface area contributed by atoms with Crippen LogP contribution in [0.4, 0.5) is 0 Å². The zero-order chi connectivity index (χ0) is 62.8. The molecule has 0 radical (unpaired) electrons. The van der Waals surface area contributed by atoms with Crippen LogP contribution in [0.1, 0.15) is 76.3 Å². The molecule has 5 heterocycles. The van der Waals surface area contributed by atoms with Crippen molar-refractivity contribution in [1.29, 1.82) is 0 Å². The molecule has 4 saturated heterocycles. The lowest BCUT2D eigenvalue weighted by atomic mass is 9.93.